The third kappa shape index (κ3) is 2.61. The highest BCUT2D eigenvalue weighted by Crippen LogP contribution is 2.37. The van der Waals surface area contributed by atoms with Gasteiger partial charge in [0.15, 0.2) is 0 Å². The molecule has 1 saturated heterocycles. The predicted molar refractivity (Wildman–Crippen MR) is 81.2 cm³/mol. The van der Waals surface area contributed by atoms with E-state index in [0.717, 1.165) is 31.2 Å². The van der Waals surface area contributed by atoms with Crippen LogP contribution in [0.15, 0.2) is 0 Å². The summed E-state index contributed by atoms with van der Waals surface area (Å²) in [5.41, 5.74) is -0.181. The van der Waals surface area contributed by atoms with Crippen molar-refractivity contribution in [3.63, 3.8) is 0 Å². The van der Waals surface area contributed by atoms with E-state index in [1.807, 2.05) is 0 Å². The zero-order valence-electron chi connectivity index (χ0n) is 13.2. The normalized spacial score (nSPS) is 37.0. The van der Waals surface area contributed by atoms with Gasteiger partial charge in [-0.15, -0.1) is 0 Å². The topological polar surface area (TPSA) is 32.3 Å². The van der Waals surface area contributed by atoms with Gasteiger partial charge < -0.3 is 4.90 Å². The molecule has 3 rings (SSSR count). The molecular formula is C17H30N2O. The molecule has 1 heterocycles. The Kier molecular flexibility index (Phi) is 4.07. The molecule has 2 aliphatic carbocycles. The first kappa shape index (κ1) is 14.4. The first-order valence-corrected chi connectivity index (χ1v) is 8.69. The van der Waals surface area contributed by atoms with Crippen LogP contribution in [0.1, 0.15) is 71.6 Å². The van der Waals surface area contributed by atoms with E-state index in [-0.39, 0.29) is 11.7 Å². The fraction of sp³-hybridized carbons (Fsp3) is 0.941. The van der Waals surface area contributed by atoms with Gasteiger partial charge >= 0.3 is 0 Å². The molecule has 3 fully saturated rings. The summed E-state index contributed by atoms with van der Waals surface area (Å²) in [7, 11) is 0. The minimum Gasteiger partial charge on any atom is -0.326 e. The maximum atomic E-state index is 12.7. The second-order valence-electron chi connectivity index (χ2n) is 7.53. The Bertz CT molecular complexity index is 362. The van der Waals surface area contributed by atoms with Crippen molar-refractivity contribution < 1.29 is 4.79 Å². The number of nitrogens with one attached hydrogen (secondary N) is 1. The zero-order valence-corrected chi connectivity index (χ0v) is 13.2. The number of hydrogen-bond donors (Lipinski definition) is 1. The Morgan fingerprint density at radius 2 is 1.95 bits per heavy atom. The smallest absolute Gasteiger partial charge is 0.244 e. The monoisotopic (exact) mass is 278 g/mol. The molecule has 3 unspecified atom stereocenters. The Hall–Kier alpha value is -0.570. The summed E-state index contributed by atoms with van der Waals surface area (Å²) in [6.45, 7) is 5.51. The highest BCUT2D eigenvalue weighted by atomic mass is 16.2. The molecule has 3 aliphatic rings. The molecule has 0 aromatic rings. The Morgan fingerprint density at radius 1 is 1.20 bits per heavy atom. The molecular weight excluding hydrogens is 248 g/mol. The zero-order chi connectivity index (χ0) is 14.2. The van der Waals surface area contributed by atoms with Crippen molar-refractivity contribution in [1.29, 1.82) is 0 Å². The van der Waals surface area contributed by atoms with E-state index in [4.69, 9.17) is 0 Å². The molecule has 114 valence electrons. The van der Waals surface area contributed by atoms with E-state index in [2.05, 4.69) is 24.1 Å². The van der Waals surface area contributed by atoms with Crippen LogP contribution in [-0.4, -0.2) is 29.1 Å². The van der Waals surface area contributed by atoms with Gasteiger partial charge in [0.25, 0.3) is 0 Å². The van der Waals surface area contributed by atoms with Gasteiger partial charge in [-0.25, -0.2) is 0 Å². The summed E-state index contributed by atoms with van der Waals surface area (Å²) in [5.74, 6) is 2.13. The Balaban J connectivity index is 1.56. The summed E-state index contributed by atoms with van der Waals surface area (Å²) in [5, 5.41) is 3.60. The summed E-state index contributed by atoms with van der Waals surface area (Å²) in [4.78, 5) is 14.9. The highest BCUT2D eigenvalue weighted by Gasteiger charge is 2.50. The number of carbonyl (C=O) groups excluding carboxylic acids is 1. The molecule has 0 bridgehead atoms. The number of rotatable bonds is 3. The summed E-state index contributed by atoms with van der Waals surface area (Å²) in [6.07, 6.45) is 11.5. The molecule has 3 atom stereocenters. The van der Waals surface area contributed by atoms with Gasteiger partial charge in [0.1, 0.15) is 0 Å². The van der Waals surface area contributed by atoms with Gasteiger partial charge in [-0.3, -0.25) is 10.1 Å². The largest absolute Gasteiger partial charge is 0.326 e. The molecule has 20 heavy (non-hydrogen) atoms. The highest BCUT2D eigenvalue weighted by molar-refractivity contribution is 5.89. The third-order valence-electron chi connectivity index (χ3n) is 5.90. The summed E-state index contributed by atoms with van der Waals surface area (Å²) in [6, 6.07) is 0. The van der Waals surface area contributed by atoms with Crippen molar-refractivity contribution in [1.82, 2.24) is 10.2 Å². The molecule has 0 radical (unpaired) electrons. The van der Waals surface area contributed by atoms with Gasteiger partial charge in [-0.05, 0) is 44.4 Å². The van der Waals surface area contributed by atoms with Crippen LogP contribution in [0.25, 0.3) is 0 Å². The standard InChI is InChI=1S/C17H30N2O/c1-13-6-5-7-15(12-13)8-11-19-14(2)18-17(16(19)20)9-3-4-10-17/h13-15,18H,3-12H2,1-2H3. The minimum atomic E-state index is -0.181. The van der Waals surface area contributed by atoms with Crippen LogP contribution in [0, 0.1) is 11.8 Å². The second kappa shape index (κ2) is 5.67. The van der Waals surface area contributed by atoms with E-state index in [1.165, 1.54) is 44.9 Å². The molecule has 1 spiro atoms. The minimum absolute atomic E-state index is 0.181. The van der Waals surface area contributed by atoms with E-state index in [0.29, 0.717) is 5.91 Å². The average molecular weight is 278 g/mol. The molecule has 0 aromatic carbocycles. The maximum absolute atomic E-state index is 12.7. The molecule has 1 aliphatic heterocycles. The van der Waals surface area contributed by atoms with E-state index in [9.17, 15) is 4.79 Å². The van der Waals surface area contributed by atoms with Gasteiger partial charge in [0.05, 0.1) is 11.7 Å². The van der Waals surface area contributed by atoms with Crippen LogP contribution >= 0.6 is 0 Å². The Labute approximate surface area is 123 Å². The van der Waals surface area contributed by atoms with Crippen LogP contribution in [0.4, 0.5) is 0 Å². The number of nitrogens with zero attached hydrogens (tertiary/aromatic N) is 1. The fourth-order valence-corrected chi connectivity index (χ4v) is 4.77. The van der Waals surface area contributed by atoms with Gasteiger partial charge in [0.2, 0.25) is 5.91 Å². The van der Waals surface area contributed by atoms with Crippen molar-refractivity contribution >= 4 is 5.91 Å². The van der Waals surface area contributed by atoms with E-state index < -0.39 is 0 Å². The molecule has 2 saturated carbocycles. The first-order chi connectivity index (χ1) is 9.61. The van der Waals surface area contributed by atoms with Crippen molar-refractivity contribution in [2.75, 3.05) is 6.54 Å². The lowest BCUT2D eigenvalue weighted by Gasteiger charge is -2.29. The fourth-order valence-electron chi connectivity index (χ4n) is 4.77. The van der Waals surface area contributed by atoms with Crippen LogP contribution in [0.5, 0.6) is 0 Å². The van der Waals surface area contributed by atoms with Gasteiger partial charge in [-0.1, -0.05) is 39.0 Å². The molecule has 3 heteroatoms. The van der Waals surface area contributed by atoms with Crippen molar-refractivity contribution in [3.8, 4) is 0 Å². The molecule has 1 N–H and O–H groups in total. The number of carbonyl (C=O) groups is 1. The predicted octanol–water partition coefficient (Wildman–Crippen LogP) is 3.29. The van der Waals surface area contributed by atoms with E-state index >= 15 is 0 Å². The SMILES string of the molecule is CC1CCCC(CCN2C(=O)C3(CCCC3)NC2C)C1. The summed E-state index contributed by atoms with van der Waals surface area (Å²) < 4.78 is 0. The van der Waals surface area contributed by atoms with Crippen LogP contribution in [-0.2, 0) is 4.79 Å². The maximum Gasteiger partial charge on any atom is 0.244 e. The van der Waals surface area contributed by atoms with Crippen molar-refractivity contribution in [3.05, 3.63) is 0 Å². The number of hydrogen-bond acceptors (Lipinski definition) is 2. The van der Waals surface area contributed by atoms with Gasteiger partial charge in [0, 0.05) is 6.54 Å². The second-order valence-corrected chi connectivity index (χ2v) is 7.53. The van der Waals surface area contributed by atoms with Crippen LogP contribution in [0.3, 0.4) is 0 Å². The number of amides is 1. The lowest BCUT2D eigenvalue weighted by Crippen LogP contribution is -2.44. The summed E-state index contributed by atoms with van der Waals surface area (Å²) >= 11 is 0. The van der Waals surface area contributed by atoms with E-state index in [1.54, 1.807) is 0 Å². The van der Waals surface area contributed by atoms with Crippen LogP contribution < -0.4 is 5.32 Å². The third-order valence-corrected chi connectivity index (χ3v) is 5.90. The Morgan fingerprint density at radius 3 is 2.65 bits per heavy atom. The van der Waals surface area contributed by atoms with Crippen LogP contribution in [0.2, 0.25) is 0 Å². The first-order valence-electron chi connectivity index (χ1n) is 8.69. The van der Waals surface area contributed by atoms with Crippen molar-refractivity contribution in [2.45, 2.75) is 83.3 Å². The quantitative estimate of drug-likeness (QED) is 0.859. The lowest BCUT2D eigenvalue weighted by molar-refractivity contribution is -0.133. The lowest BCUT2D eigenvalue weighted by atomic mass is 9.81. The van der Waals surface area contributed by atoms with Gasteiger partial charge in [-0.2, -0.15) is 0 Å². The molecule has 3 nitrogen and oxygen atoms in total. The average Bonchev–Trinajstić information content (AvgIpc) is 2.96. The molecule has 0 aromatic heterocycles. The molecule has 1 amide bonds. The van der Waals surface area contributed by atoms with Crippen molar-refractivity contribution in [2.24, 2.45) is 11.8 Å².